The van der Waals surface area contributed by atoms with Crippen molar-refractivity contribution in [1.82, 2.24) is 24.9 Å². The molecule has 4 aromatic rings. The van der Waals surface area contributed by atoms with E-state index in [-0.39, 0.29) is 11.2 Å². The highest BCUT2D eigenvalue weighted by Gasteiger charge is 2.21. The van der Waals surface area contributed by atoms with Gasteiger partial charge in [0.05, 0.1) is 17.1 Å². The van der Waals surface area contributed by atoms with E-state index < -0.39 is 0 Å². The van der Waals surface area contributed by atoms with Crippen molar-refractivity contribution in [2.75, 3.05) is 5.32 Å². The Hall–Kier alpha value is -3.00. The van der Waals surface area contributed by atoms with Crippen LogP contribution in [-0.2, 0) is 4.79 Å². The van der Waals surface area contributed by atoms with Crippen molar-refractivity contribution in [1.29, 1.82) is 0 Å². The number of aromatic nitrogens is 5. The van der Waals surface area contributed by atoms with E-state index in [0.29, 0.717) is 12.1 Å². The van der Waals surface area contributed by atoms with Crippen LogP contribution in [0.5, 0.6) is 0 Å². The van der Waals surface area contributed by atoms with Crippen molar-refractivity contribution in [3.63, 3.8) is 0 Å². The SMILES string of the molecule is CC[C@H](Sc1ncnc2nc[nH]c12)C(=O)Nc1ccc2ncccc2c1. The van der Waals surface area contributed by atoms with Gasteiger partial charge in [0.15, 0.2) is 5.65 Å². The number of nitrogens with zero attached hydrogens (tertiary/aromatic N) is 4. The zero-order chi connectivity index (χ0) is 17.9. The van der Waals surface area contributed by atoms with Crippen molar-refractivity contribution in [3.05, 3.63) is 49.2 Å². The lowest BCUT2D eigenvalue weighted by Crippen LogP contribution is -2.24. The lowest BCUT2D eigenvalue weighted by atomic mass is 10.2. The maximum absolute atomic E-state index is 12.7. The number of pyridine rings is 1. The van der Waals surface area contributed by atoms with E-state index in [1.54, 1.807) is 12.5 Å². The monoisotopic (exact) mass is 364 g/mol. The number of fused-ring (bicyclic) bond motifs is 2. The highest BCUT2D eigenvalue weighted by Crippen LogP contribution is 2.29. The highest BCUT2D eigenvalue weighted by molar-refractivity contribution is 8.00. The molecule has 3 aromatic heterocycles. The first-order valence-corrected chi connectivity index (χ1v) is 9.09. The molecule has 1 amide bonds. The van der Waals surface area contributed by atoms with E-state index in [2.05, 4.69) is 30.2 Å². The van der Waals surface area contributed by atoms with Gasteiger partial charge in [-0.25, -0.2) is 15.0 Å². The Morgan fingerprint density at radius 2 is 2.15 bits per heavy atom. The number of rotatable bonds is 5. The molecular formula is C18H16N6OS. The Bertz CT molecular complexity index is 1080. The van der Waals surface area contributed by atoms with Crippen LogP contribution in [0, 0.1) is 0 Å². The molecule has 1 aromatic carbocycles. The largest absolute Gasteiger partial charge is 0.341 e. The minimum absolute atomic E-state index is 0.0629. The number of anilines is 1. The molecule has 0 bridgehead atoms. The summed E-state index contributed by atoms with van der Waals surface area (Å²) in [5.74, 6) is -0.0629. The minimum atomic E-state index is -0.277. The number of hydrogen-bond donors (Lipinski definition) is 2. The van der Waals surface area contributed by atoms with Crippen molar-refractivity contribution >= 4 is 45.4 Å². The standard InChI is InChI=1S/C18H16N6OS/c1-2-14(26-18-15-16(21-9-20-15)22-10-23-18)17(25)24-12-5-6-13-11(8-12)4-3-7-19-13/h3-10,14H,2H2,1H3,(H,24,25)(H,20,21,22,23)/t14-/m0/s1. The summed E-state index contributed by atoms with van der Waals surface area (Å²) in [7, 11) is 0. The average Bonchev–Trinajstić information content (AvgIpc) is 3.15. The van der Waals surface area contributed by atoms with Crippen molar-refractivity contribution < 1.29 is 4.79 Å². The predicted octanol–water partition coefficient (Wildman–Crippen LogP) is 3.41. The molecule has 3 heterocycles. The first-order valence-electron chi connectivity index (χ1n) is 8.21. The van der Waals surface area contributed by atoms with Gasteiger partial charge in [0, 0.05) is 17.3 Å². The Morgan fingerprint density at radius 1 is 1.23 bits per heavy atom. The molecule has 7 nitrogen and oxygen atoms in total. The second-order valence-corrected chi connectivity index (χ2v) is 6.89. The van der Waals surface area contributed by atoms with Gasteiger partial charge in [0.1, 0.15) is 16.9 Å². The van der Waals surface area contributed by atoms with Crippen LogP contribution in [0.15, 0.2) is 54.2 Å². The molecule has 0 unspecified atom stereocenters. The molecule has 0 saturated carbocycles. The fourth-order valence-electron chi connectivity index (χ4n) is 2.67. The van der Waals surface area contributed by atoms with Crippen molar-refractivity contribution in [3.8, 4) is 0 Å². The molecule has 1 atom stereocenters. The van der Waals surface area contributed by atoms with Crippen LogP contribution in [0.25, 0.3) is 22.1 Å². The average molecular weight is 364 g/mol. The molecule has 2 N–H and O–H groups in total. The third kappa shape index (κ3) is 3.23. The number of carbonyl (C=O) groups excluding carboxylic acids is 1. The van der Waals surface area contributed by atoms with E-state index in [9.17, 15) is 4.79 Å². The number of H-pyrrole nitrogens is 1. The molecule has 4 rings (SSSR count). The smallest absolute Gasteiger partial charge is 0.237 e. The minimum Gasteiger partial charge on any atom is -0.341 e. The van der Waals surface area contributed by atoms with Crippen molar-refractivity contribution in [2.45, 2.75) is 23.6 Å². The van der Waals surface area contributed by atoms with Crippen LogP contribution < -0.4 is 5.32 Å². The van der Waals surface area contributed by atoms with Gasteiger partial charge in [0.25, 0.3) is 0 Å². The molecule has 0 aliphatic heterocycles. The molecule has 0 fully saturated rings. The van der Waals surface area contributed by atoms with Crippen LogP contribution in [-0.4, -0.2) is 36.1 Å². The maximum Gasteiger partial charge on any atom is 0.237 e. The normalized spacial score (nSPS) is 12.3. The second kappa shape index (κ2) is 7.09. The Labute approximate surface area is 153 Å². The van der Waals surface area contributed by atoms with Crippen molar-refractivity contribution in [2.24, 2.45) is 0 Å². The number of aromatic amines is 1. The van der Waals surface area contributed by atoms with E-state index in [4.69, 9.17) is 0 Å². The van der Waals surface area contributed by atoms with Crippen LogP contribution in [0.2, 0.25) is 0 Å². The third-order valence-electron chi connectivity index (χ3n) is 3.98. The summed E-state index contributed by atoms with van der Waals surface area (Å²) in [6.45, 7) is 1.98. The van der Waals surface area contributed by atoms with Gasteiger partial charge in [-0.15, -0.1) is 0 Å². The van der Waals surface area contributed by atoms with Gasteiger partial charge in [-0.3, -0.25) is 9.78 Å². The molecule has 0 saturated heterocycles. The molecule has 0 aliphatic carbocycles. The van der Waals surface area contributed by atoms with Gasteiger partial charge < -0.3 is 10.3 Å². The summed E-state index contributed by atoms with van der Waals surface area (Å²) in [5.41, 5.74) is 3.00. The Kier molecular flexibility index (Phi) is 4.49. The molecule has 26 heavy (non-hydrogen) atoms. The van der Waals surface area contributed by atoms with Gasteiger partial charge in [-0.1, -0.05) is 24.8 Å². The molecule has 130 valence electrons. The summed E-state index contributed by atoms with van der Waals surface area (Å²) in [6, 6.07) is 9.54. The number of carbonyl (C=O) groups is 1. The summed E-state index contributed by atoms with van der Waals surface area (Å²) in [6.07, 6.45) is 5.47. The lowest BCUT2D eigenvalue weighted by Gasteiger charge is -2.14. The zero-order valence-corrected chi connectivity index (χ0v) is 14.8. The number of imidazole rings is 1. The summed E-state index contributed by atoms with van der Waals surface area (Å²) >= 11 is 1.41. The number of hydrogen-bond acceptors (Lipinski definition) is 6. The maximum atomic E-state index is 12.7. The summed E-state index contributed by atoms with van der Waals surface area (Å²) < 4.78 is 0. The Morgan fingerprint density at radius 3 is 3.04 bits per heavy atom. The fourth-order valence-corrected chi connectivity index (χ4v) is 3.64. The Balaban J connectivity index is 1.54. The van der Waals surface area contributed by atoms with Crippen LogP contribution in [0.1, 0.15) is 13.3 Å². The van der Waals surface area contributed by atoms with E-state index >= 15 is 0 Å². The van der Waals surface area contributed by atoms with Crippen LogP contribution in [0.4, 0.5) is 5.69 Å². The lowest BCUT2D eigenvalue weighted by molar-refractivity contribution is -0.115. The zero-order valence-electron chi connectivity index (χ0n) is 14.0. The molecule has 0 spiro atoms. The number of nitrogens with one attached hydrogen (secondary N) is 2. The fraction of sp³-hybridized carbons (Fsp3) is 0.167. The van der Waals surface area contributed by atoms with Gasteiger partial charge >= 0.3 is 0 Å². The predicted molar refractivity (Wildman–Crippen MR) is 102 cm³/mol. The van der Waals surface area contributed by atoms with E-state index in [1.165, 1.54) is 18.1 Å². The molecule has 0 aliphatic rings. The first-order chi connectivity index (χ1) is 12.7. The number of amides is 1. The van der Waals surface area contributed by atoms with E-state index in [0.717, 1.165) is 27.1 Å². The summed E-state index contributed by atoms with van der Waals surface area (Å²) in [5, 5.41) is 4.42. The van der Waals surface area contributed by atoms with Gasteiger partial charge in [-0.2, -0.15) is 0 Å². The molecular weight excluding hydrogens is 348 g/mol. The quantitative estimate of drug-likeness (QED) is 0.416. The first kappa shape index (κ1) is 16.5. The third-order valence-corrected chi connectivity index (χ3v) is 5.34. The topological polar surface area (TPSA) is 96.5 Å². The van der Waals surface area contributed by atoms with Gasteiger partial charge in [0.2, 0.25) is 5.91 Å². The number of thioether (sulfide) groups is 1. The van der Waals surface area contributed by atoms with Crippen LogP contribution in [0.3, 0.4) is 0 Å². The summed E-state index contributed by atoms with van der Waals surface area (Å²) in [4.78, 5) is 32.6. The molecule has 0 radical (unpaired) electrons. The van der Waals surface area contributed by atoms with Gasteiger partial charge in [-0.05, 0) is 30.7 Å². The van der Waals surface area contributed by atoms with Crippen LogP contribution >= 0.6 is 11.8 Å². The van der Waals surface area contributed by atoms with E-state index in [1.807, 2.05) is 37.3 Å². The molecule has 8 heteroatoms. The number of benzene rings is 1. The second-order valence-electron chi connectivity index (χ2n) is 5.69. The highest BCUT2D eigenvalue weighted by atomic mass is 32.2.